The second kappa shape index (κ2) is 10.1. The lowest BCUT2D eigenvalue weighted by Gasteiger charge is -2.17. The van der Waals surface area contributed by atoms with Crippen LogP contribution in [0.25, 0.3) is 0 Å². The maximum atomic E-state index is 12.5. The highest BCUT2D eigenvalue weighted by atomic mass is 19.3. The van der Waals surface area contributed by atoms with Gasteiger partial charge in [0.1, 0.15) is 5.82 Å². The van der Waals surface area contributed by atoms with E-state index in [1.807, 2.05) is 6.92 Å². The third-order valence-electron chi connectivity index (χ3n) is 4.11. The number of anilines is 1. The smallest absolute Gasteiger partial charge is 0.272 e. The van der Waals surface area contributed by atoms with Crippen LogP contribution in [0.1, 0.15) is 49.2 Å². The summed E-state index contributed by atoms with van der Waals surface area (Å²) in [5.74, 6) is -0.0982. The van der Waals surface area contributed by atoms with Crippen molar-refractivity contribution in [1.29, 1.82) is 0 Å². The number of aryl methyl sites for hydroxylation is 1. The zero-order chi connectivity index (χ0) is 22.3. The average Bonchev–Trinajstić information content (AvgIpc) is 2.70. The Bertz CT molecular complexity index is 898. The first-order valence-electron chi connectivity index (χ1n) is 9.54. The minimum absolute atomic E-state index is 0.168. The van der Waals surface area contributed by atoms with Crippen molar-refractivity contribution in [1.82, 2.24) is 15.3 Å². The van der Waals surface area contributed by atoms with Crippen LogP contribution in [-0.4, -0.2) is 34.8 Å². The third kappa shape index (κ3) is 6.75. The molecule has 30 heavy (non-hydrogen) atoms. The van der Waals surface area contributed by atoms with Gasteiger partial charge in [0.25, 0.3) is 12.3 Å². The zero-order valence-electron chi connectivity index (χ0n) is 17.5. The Morgan fingerprint density at radius 1 is 1.20 bits per heavy atom. The molecule has 0 saturated carbocycles. The number of hydrogen-bond acceptors (Lipinski definition) is 5. The number of nitrogens with one attached hydrogen (secondary N) is 2. The summed E-state index contributed by atoms with van der Waals surface area (Å²) >= 11 is 0. The first-order chi connectivity index (χ1) is 14.1. The van der Waals surface area contributed by atoms with E-state index >= 15 is 0 Å². The first kappa shape index (κ1) is 23.2. The Morgan fingerprint density at radius 2 is 1.93 bits per heavy atom. The number of carbonyl (C=O) groups is 2. The molecule has 2 N–H and O–H groups in total. The average molecular weight is 420 g/mol. The molecule has 0 aliphatic rings. The van der Waals surface area contributed by atoms with Gasteiger partial charge in [0, 0.05) is 35.5 Å². The van der Waals surface area contributed by atoms with Crippen LogP contribution < -0.4 is 15.4 Å². The maximum absolute atomic E-state index is 12.5. The molecule has 0 unspecified atom stereocenters. The fourth-order valence-corrected chi connectivity index (χ4v) is 2.40. The zero-order valence-corrected chi connectivity index (χ0v) is 17.5. The molecular weight excluding hydrogens is 394 g/mol. The van der Waals surface area contributed by atoms with E-state index in [2.05, 4.69) is 20.6 Å². The van der Waals surface area contributed by atoms with Crippen molar-refractivity contribution in [2.24, 2.45) is 5.41 Å². The summed E-state index contributed by atoms with van der Waals surface area (Å²) in [4.78, 5) is 32.7. The predicted molar refractivity (Wildman–Crippen MR) is 109 cm³/mol. The van der Waals surface area contributed by atoms with Gasteiger partial charge in [-0.25, -0.2) is 18.7 Å². The van der Waals surface area contributed by atoms with Gasteiger partial charge in [0.15, 0.2) is 6.61 Å². The summed E-state index contributed by atoms with van der Waals surface area (Å²) in [5.41, 5.74) is 1.14. The largest absolute Gasteiger partial charge is 0.471 e. The third-order valence-corrected chi connectivity index (χ3v) is 4.11. The number of hydrogen-bond donors (Lipinski definition) is 2. The Kier molecular flexibility index (Phi) is 7.79. The Labute approximate surface area is 174 Å². The summed E-state index contributed by atoms with van der Waals surface area (Å²) in [6.07, 6.45) is 0.893. The van der Waals surface area contributed by atoms with Crippen LogP contribution in [0, 0.1) is 5.41 Å². The van der Waals surface area contributed by atoms with Gasteiger partial charge < -0.3 is 15.4 Å². The summed E-state index contributed by atoms with van der Waals surface area (Å²) in [5, 5.41) is 5.45. The van der Waals surface area contributed by atoms with Crippen LogP contribution in [0.5, 0.6) is 5.88 Å². The number of ether oxygens (including phenoxy) is 1. The molecular formula is C21H26F2N4O3. The van der Waals surface area contributed by atoms with E-state index in [1.165, 1.54) is 18.5 Å². The topological polar surface area (TPSA) is 93.2 Å². The number of amides is 2. The second-order valence-corrected chi connectivity index (χ2v) is 7.68. The molecule has 0 aliphatic carbocycles. The quantitative estimate of drug-likeness (QED) is 0.681. The van der Waals surface area contributed by atoms with E-state index < -0.39 is 18.4 Å². The first-order valence-corrected chi connectivity index (χ1v) is 9.54. The number of halogens is 2. The van der Waals surface area contributed by atoms with Crippen LogP contribution in [-0.2, 0) is 17.8 Å². The molecule has 0 spiro atoms. The van der Waals surface area contributed by atoms with Crippen molar-refractivity contribution in [2.75, 3.05) is 11.9 Å². The fourth-order valence-electron chi connectivity index (χ4n) is 2.40. The maximum Gasteiger partial charge on any atom is 0.272 e. The molecule has 0 radical (unpaired) electrons. The Hall–Kier alpha value is -3.10. The molecule has 2 aromatic rings. The van der Waals surface area contributed by atoms with Gasteiger partial charge in [-0.05, 0) is 30.2 Å². The SMILES string of the molecule is CCc1cc(CNC(=O)c2ccnc(NC(=O)C(C)(C)C)c2)cnc1OCC(F)F. The van der Waals surface area contributed by atoms with Crippen LogP contribution in [0.2, 0.25) is 0 Å². The van der Waals surface area contributed by atoms with Crippen molar-refractivity contribution in [3.05, 3.63) is 47.3 Å². The molecule has 0 bridgehead atoms. The van der Waals surface area contributed by atoms with Crippen molar-refractivity contribution in [3.63, 3.8) is 0 Å². The molecule has 0 aliphatic heterocycles. The van der Waals surface area contributed by atoms with E-state index in [4.69, 9.17) is 4.74 Å². The second-order valence-electron chi connectivity index (χ2n) is 7.68. The van der Waals surface area contributed by atoms with Crippen LogP contribution in [0.4, 0.5) is 14.6 Å². The summed E-state index contributed by atoms with van der Waals surface area (Å²) in [7, 11) is 0. The molecule has 0 atom stereocenters. The van der Waals surface area contributed by atoms with E-state index in [-0.39, 0.29) is 30.1 Å². The standard InChI is InChI=1S/C21H26F2N4O3/c1-5-14-8-13(11-26-19(14)30-12-16(22)23)10-25-18(28)15-6-7-24-17(9-15)27-20(29)21(2,3)4/h6-9,11,16H,5,10,12H2,1-4H3,(H,25,28)(H,24,27,29). The monoisotopic (exact) mass is 420 g/mol. The Morgan fingerprint density at radius 3 is 2.57 bits per heavy atom. The number of pyridine rings is 2. The minimum Gasteiger partial charge on any atom is -0.471 e. The van der Waals surface area contributed by atoms with E-state index in [9.17, 15) is 18.4 Å². The minimum atomic E-state index is -2.58. The molecule has 162 valence electrons. The molecule has 2 rings (SSSR count). The van der Waals surface area contributed by atoms with Crippen LogP contribution >= 0.6 is 0 Å². The lowest BCUT2D eigenvalue weighted by molar-refractivity contribution is -0.123. The van der Waals surface area contributed by atoms with Gasteiger partial charge in [0.05, 0.1) is 0 Å². The highest BCUT2D eigenvalue weighted by Gasteiger charge is 2.22. The molecule has 0 aromatic carbocycles. The van der Waals surface area contributed by atoms with Gasteiger partial charge in [-0.3, -0.25) is 9.59 Å². The number of aromatic nitrogens is 2. The highest BCUT2D eigenvalue weighted by Crippen LogP contribution is 2.19. The van der Waals surface area contributed by atoms with E-state index in [0.717, 1.165) is 0 Å². The van der Waals surface area contributed by atoms with Gasteiger partial charge in [-0.15, -0.1) is 0 Å². The lowest BCUT2D eigenvalue weighted by atomic mass is 9.96. The summed E-state index contributed by atoms with van der Waals surface area (Å²) in [6, 6.07) is 4.80. The van der Waals surface area contributed by atoms with Crippen molar-refractivity contribution < 1.29 is 23.1 Å². The van der Waals surface area contributed by atoms with Crippen LogP contribution in [0.15, 0.2) is 30.6 Å². The van der Waals surface area contributed by atoms with Crippen molar-refractivity contribution in [3.8, 4) is 5.88 Å². The molecule has 0 fully saturated rings. The Balaban J connectivity index is 2.02. The van der Waals surface area contributed by atoms with Crippen molar-refractivity contribution in [2.45, 2.75) is 47.1 Å². The van der Waals surface area contributed by atoms with Gasteiger partial charge in [0.2, 0.25) is 11.8 Å². The van der Waals surface area contributed by atoms with Gasteiger partial charge >= 0.3 is 0 Å². The summed E-state index contributed by atoms with van der Waals surface area (Å²) < 4.78 is 29.7. The number of nitrogens with zero attached hydrogens (tertiary/aromatic N) is 2. The predicted octanol–water partition coefficient (Wildman–Crippen LogP) is 3.60. The lowest BCUT2D eigenvalue weighted by Crippen LogP contribution is -2.28. The summed E-state index contributed by atoms with van der Waals surface area (Å²) in [6.45, 7) is 6.68. The number of rotatable bonds is 8. The molecule has 9 heteroatoms. The fraction of sp³-hybridized carbons (Fsp3) is 0.429. The number of carbonyl (C=O) groups excluding carboxylic acids is 2. The molecule has 2 amide bonds. The molecule has 0 saturated heterocycles. The van der Waals surface area contributed by atoms with Gasteiger partial charge in [-0.1, -0.05) is 27.7 Å². The molecule has 2 aromatic heterocycles. The normalized spacial score (nSPS) is 11.3. The highest BCUT2D eigenvalue weighted by molar-refractivity contribution is 5.97. The number of alkyl halides is 2. The van der Waals surface area contributed by atoms with Crippen LogP contribution in [0.3, 0.4) is 0 Å². The van der Waals surface area contributed by atoms with E-state index in [1.54, 1.807) is 32.9 Å². The van der Waals surface area contributed by atoms with Crippen molar-refractivity contribution >= 4 is 17.6 Å². The molecule has 7 nitrogen and oxygen atoms in total. The molecule has 2 heterocycles. The van der Waals surface area contributed by atoms with Gasteiger partial charge in [-0.2, -0.15) is 0 Å². The van der Waals surface area contributed by atoms with E-state index in [0.29, 0.717) is 23.1 Å².